The molecule has 2 aliphatic carbocycles. The summed E-state index contributed by atoms with van der Waals surface area (Å²) in [5.41, 5.74) is 2.15. The number of esters is 1. The predicted octanol–water partition coefficient (Wildman–Crippen LogP) is 2.34. The van der Waals surface area contributed by atoms with Gasteiger partial charge in [0.15, 0.2) is 17.6 Å². The third-order valence-electron chi connectivity index (χ3n) is 6.82. The van der Waals surface area contributed by atoms with Gasteiger partial charge in [-0.05, 0) is 42.9 Å². The first kappa shape index (κ1) is 16.7. The molecule has 0 radical (unpaired) electrons. The highest BCUT2D eigenvalue weighted by Crippen LogP contribution is 2.63. The molecule has 0 N–H and O–H groups in total. The summed E-state index contributed by atoms with van der Waals surface area (Å²) >= 11 is 0. The van der Waals surface area contributed by atoms with E-state index in [-0.39, 0.29) is 35.4 Å². The van der Waals surface area contributed by atoms with Gasteiger partial charge in [0.1, 0.15) is 5.76 Å². The number of nitrogens with zero attached hydrogens (tertiary/aromatic N) is 1. The second kappa shape index (κ2) is 5.50. The molecule has 2 heterocycles. The molecule has 27 heavy (non-hydrogen) atoms. The molecule has 2 bridgehead atoms. The molecule has 1 fully saturated rings. The van der Waals surface area contributed by atoms with E-state index in [9.17, 15) is 9.59 Å². The van der Waals surface area contributed by atoms with E-state index in [0.29, 0.717) is 18.1 Å². The second-order valence-corrected chi connectivity index (χ2v) is 7.95. The number of rotatable bonds is 2. The van der Waals surface area contributed by atoms with Crippen LogP contribution >= 0.6 is 0 Å². The molecule has 1 spiro atoms. The maximum atomic E-state index is 12.3. The molecule has 2 aliphatic heterocycles. The topological polar surface area (TPSA) is 65.1 Å². The molecule has 142 valence electrons. The quantitative estimate of drug-likeness (QED) is 0.749. The summed E-state index contributed by atoms with van der Waals surface area (Å²) in [7, 11) is 1.64. The highest BCUT2D eigenvalue weighted by Gasteiger charge is 2.65. The summed E-state index contributed by atoms with van der Waals surface area (Å²) in [5, 5.41) is 0. The van der Waals surface area contributed by atoms with Crippen molar-refractivity contribution in [3.8, 4) is 11.5 Å². The minimum absolute atomic E-state index is 0.122. The number of piperidine rings is 1. The normalized spacial score (nSPS) is 32.2. The SMILES string of the molecule is COc1ccc2c3c1O[C@@H]1C(OC(C)=O)=CC[C@@H]4[C@H](C2)N(C(C)=O)CC[C@@]314. The fourth-order valence-corrected chi connectivity index (χ4v) is 5.93. The number of allylic oxidation sites excluding steroid dienone is 1. The Kier molecular flexibility index (Phi) is 3.39. The van der Waals surface area contributed by atoms with E-state index >= 15 is 0 Å². The maximum absolute atomic E-state index is 12.3. The Hall–Kier alpha value is -2.50. The smallest absolute Gasteiger partial charge is 0.307 e. The third kappa shape index (κ3) is 2.01. The first-order valence-corrected chi connectivity index (χ1v) is 9.50. The number of methoxy groups -OCH3 is 1. The number of ether oxygens (including phenoxy) is 3. The number of amides is 1. The number of carbonyl (C=O) groups excluding carboxylic acids is 2. The van der Waals surface area contributed by atoms with E-state index in [2.05, 4.69) is 6.07 Å². The zero-order valence-corrected chi connectivity index (χ0v) is 15.8. The van der Waals surface area contributed by atoms with Crippen molar-refractivity contribution < 1.29 is 23.8 Å². The van der Waals surface area contributed by atoms with Crippen LogP contribution in [0.1, 0.15) is 37.8 Å². The highest BCUT2D eigenvalue weighted by molar-refractivity contribution is 5.75. The zero-order chi connectivity index (χ0) is 18.9. The molecule has 6 nitrogen and oxygen atoms in total. The number of likely N-dealkylation sites (tertiary alicyclic amines) is 1. The van der Waals surface area contributed by atoms with Crippen LogP contribution in [0, 0.1) is 5.92 Å². The van der Waals surface area contributed by atoms with Gasteiger partial charge < -0.3 is 19.1 Å². The van der Waals surface area contributed by atoms with Crippen LogP contribution in [-0.2, 0) is 26.2 Å². The monoisotopic (exact) mass is 369 g/mol. The van der Waals surface area contributed by atoms with Crippen LogP contribution in [0.2, 0.25) is 0 Å². The number of carbonyl (C=O) groups is 2. The molecule has 0 unspecified atom stereocenters. The van der Waals surface area contributed by atoms with Crippen molar-refractivity contribution in [3.63, 3.8) is 0 Å². The van der Waals surface area contributed by atoms with E-state index in [0.717, 1.165) is 25.0 Å². The Morgan fingerprint density at radius 1 is 1.30 bits per heavy atom. The first-order valence-electron chi connectivity index (χ1n) is 9.50. The number of benzene rings is 1. The van der Waals surface area contributed by atoms with Crippen LogP contribution in [0.25, 0.3) is 0 Å². The molecule has 4 aliphatic rings. The largest absolute Gasteiger partial charge is 0.493 e. The number of hydrogen-bond acceptors (Lipinski definition) is 5. The van der Waals surface area contributed by atoms with Crippen molar-refractivity contribution in [2.45, 2.75) is 50.7 Å². The molecule has 6 heteroatoms. The molecule has 0 aromatic heterocycles. The first-order chi connectivity index (χ1) is 13.0. The average molecular weight is 369 g/mol. The fraction of sp³-hybridized carbons (Fsp3) is 0.524. The van der Waals surface area contributed by atoms with Crippen LogP contribution in [0.5, 0.6) is 11.5 Å². The van der Waals surface area contributed by atoms with Crippen molar-refractivity contribution in [2.75, 3.05) is 13.7 Å². The van der Waals surface area contributed by atoms with Gasteiger partial charge >= 0.3 is 5.97 Å². The van der Waals surface area contributed by atoms with Gasteiger partial charge in [-0.2, -0.15) is 0 Å². The molecule has 5 rings (SSSR count). The summed E-state index contributed by atoms with van der Waals surface area (Å²) in [6.07, 6.45) is 4.03. The highest BCUT2D eigenvalue weighted by atomic mass is 16.6. The molecule has 1 aromatic rings. The van der Waals surface area contributed by atoms with Crippen LogP contribution in [0.4, 0.5) is 0 Å². The van der Waals surface area contributed by atoms with E-state index < -0.39 is 0 Å². The van der Waals surface area contributed by atoms with Gasteiger partial charge in [0.2, 0.25) is 5.91 Å². The third-order valence-corrected chi connectivity index (χ3v) is 6.82. The van der Waals surface area contributed by atoms with E-state index in [4.69, 9.17) is 14.2 Å². The van der Waals surface area contributed by atoms with Gasteiger partial charge in [-0.25, -0.2) is 0 Å². The van der Waals surface area contributed by atoms with Gasteiger partial charge in [0, 0.05) is 32.0 Å². The standard InChI is InChI=1S/C21H23NO5/c1-11(23)22-9-8-21-14-5-7-17(26-12(2)24)20(21)27-19-16(25-3)6-4-13(18(19)21)10-15(14)22/h4,6-7,14-15,20H,5,8-10H2,1-3H3/t14-,15+,20-,21-/m1/s1. The number of hydrogen-bond donors (Lipinski definition) is 0. The molecule has 1 aromatic carbocycles. The molecule has 1 amide bonds. The molecule has 0 saturated carbocycles. The van der Waals surface area contributed by atoms with Gasteiger partial charge in [0.05, 0.1) is 12.5 Å². The zero-order valence-electron chi connectivity index (χ0n) is 15.8. The van der Waals surface area contributed by atoms with Crippen LogP contribution < -0.4 is 9.47 Å². The minimum atomic E-state index is -0.345. The van der Waals surface area contributed by atoms with Crippen molar-refractivity contribution in [3.05, 3.63) is 35.1 Å². The van der Waals surface area contributed by atoms with Crippen LogP contribution in [-0.4, -0.2) is 42.6 Å². The summed E-state index contributed by atoms with van der Waals surface area (Å²) in [6.45, 7) is 3.76. The van der Waals surface area contributed by atoms with E-state index in [1.54, 1.807) is 14.0 Å². The average Bonchev–Trinajstić information content (AvgIpc) is 2.96. The van der Waals surface area contributed by atoms with Gasteiger partial charge in [-0.3, -0.25) is 9.59 Å². The van der Waals surface area contributed by atoms with Gasteiger partial charge in [-0.15, -0.1) is 0 Å². The van der Waals surface area contributed by atoms with Gasteiger partial charge in [0.25, 0.3) is 0 Å². The summed E-state index contributed by atoms with van der Waals surface area (Å²) in [4.78, 5) is 26.0. The summed E-state index contributed by atoms with van der Waals surface area (Å²) < 4.78 is 17.6. The van der Waals surface area contributed by atoms with Crippen LogP contribution in [0.3, 0.4) is 0 Å². The van der Waals surface area contributed by atoms with Crippen molar-refractivity contribution in [1.29, 1.82) is 0 Å². The lowest BCUT2D eigenvalue weighted by atomic mass is 9.53. The molecule has 4 atom stereocenters. The second-order valence-electron chi connectivity index (χ2n) is 7.95. The van der Waals surface area contributed by atoms with E-state index in [1.165, 1.54) is 18.1 Å². The van der Waals surface area contributed by atoms with Crippen molar-refractivity contribution in [2.24, 2.45) is 5.92 Å². The summed E-state index contributed by atoms with van der Waals surface area (Å²) in [5.74, 6) is 2.12. The lowest BCUT2D eigenvalue weighted by Crippen LogP contribution is -2.65. The fourth-order valence-electron chi connectivity index (χ4n) is 5.93. The Morgan fingerprint density at radius 2 is 2.11 bits per heavy atom. The minimum Gasteiger partial charge on any atom is -0.493 e. The Bertz CT molecular complexity index is 891. The maximum Gasteiger partial charge on any atom is 0.307 e. The predicted molar refractivity (Wildman–Crippen MR) is 96.5 cm³/mol. The molecule has 1 saturated heterocycles. The Labute approximate surface area is 158 Å². The van der Waals surface area contributed by atoms with Crippen molar-refractivity contribution >= 4 is 11.9 Å². The van der Waals surface area contributed by atoms with Gasteiger partial charge in [-0.1, -0.05) is 6.07 Å². The summed E-state index contributed by atoms with van der Waals surface area (Å²) in [6, 6.07) is 4.18. The lowest BCUT2D eigenvalue weighted by molar-refractivity contribution is -0.142. The Morgan fingerprint density at radius 3 is 2.81 bits per heavy atom. The molecular weight excluding hydrogens is 346 g/mol. The molecular formula is C21H23NO5. The lowest BCUT2D eigenvalue weighted by Gasteiger charge is -2.57. The van der Waals surface area contributed by atoms with Crippen LogP contribution in [0.15, 0.2) is 24.0 Å². The van der Waals surface area contributed by atoms with Crippen molar-refractivity contribution in [1.82, 2.24) is 4.90 Å². The van der Waals surface area contributed by atoms with E-state index in [1.807, 2.05) is 17.0 Å². The Balaban J connectivity index is 1.73.